The predicted octanol–water partition coefficient (Wildman–Crippen LogP) is 3.10. The van der Waals surface area contributed by atoms with E-state index in [0.29, 0.717) is 17.4 Å². The maximum atomic E-state index is 12.8. The fourth-order valence-electron chi connectivity index (χ4n) is 4.43. The smallest absolute Gasteiger partial charge is 0.272 e. The lowest BCUT2D eigenvalue weighted by Gasteiger charge is -2.38. The number of nitrogens with zero attached hydrogens (tertiary/aromatic N) is 3. The summed E-state index contributed by atoms with van der Waals surface area (Å²) in [7, 11) is 0. The molecule has 1 aromatic carbocycles. The van der Waals surface area contributed by atoms with Crippen molar-refractivity contribution in [3.05, 3.63) is 65.5 Å². The van der Waals surface area contributed by atoms with Gasteiger partial charge in [-0.25, -0.2) is 4.98 Å². The summed E-state index contributed by atoms with van der Waals surface area (Å²) in [5.74, 6) is -0.273. The minimum Gasteiger partial charge on any atom is -0.348 e. The van der Waals surface area contributed by atoms with Crippen molar-refractivity contribution >= 4 is 11.8 Å². The van der Waals surface area contributed by atoms with Crippen molar-refractivity contribution in [1.82, 2.24) is 20.1 Å². The molecule has 2 aliphatic heterocycles. The first-order valence-corrected chi connectivity index (χ1v) is 11.0. The summed E-state index contributed by atoms with van der Waals surface area (Å²) in [5.41, 5.74) is 1.99. The zero-order valence-corrected chi connectivity index (χ0v) is 17.6. The van der Waals surface area contributed by atoms with Gasteiger partial charge in [0.2, 0.25) is 0 Å². The molecule has 3 heterocycles. The Hall–Kier alpha value is -2.73. The summed E-state index contributed by atoms with van der Waals surface area (Å²) < 4.78 is 0. The van der Waals surface area contributed by atoms with Gasteiger partial charge in [-0.1, -0.05) is 36.4 Å². The molecule has 2 atom stereocenters. The van der Waals surface area contributed by atoms with Crippen LogP contribution in [0.2, 0.25) is 0 Å². The Morgan fingerprint density at radius 3 is 2.47 bits per heavy atom. The van der Waals surface area contributed by atoms with Crippen molar-refractivity contribution < 1.29 is 9.59 Å². The zero-order chi connectivity index (χ0) is 20.9. The van der Waals surface area contributed by atoms with Gasteiger partial charge in [-0.2, -0.15) is 0 Å². The quantitative estimate of drug-likeness (QED) is 0.829. The number of carbonyl (C=O) groups is 2. The summed E-state index contributed by atoms with van der Waals surface area (Å²) in [5, 5.41) is 3.13. The number of likely N-dealkylation sites (tertiary alicyclic amines) is 2. The summed E-state index contributed by atoms with van der Waals surface area (Å²) in [6.07, 6.45) is 3.89. The van der Waals surface area contributed by atoms with Gasteiger partial charge in [0.15, 0.2) is 0 Å². The minimum atomic E-state index is -0.195. The Balaban J connectivity index is 1.33. The van der Waals surface area contributed by atoms with Crippen LogP contribution in [0.25, 0.3) is 0 Å². The van der Waals surface area contributed by atoms with E-state index >= 15 is 0 Å². The van der Waals surface area contributed by atoms with E-state index in [0.717, 1.165) is 51.9 Å². The van der Waals surface area contributed by atoms with E-state index in [2.05, 4.69) is 46.4 Å². The Morgan fingerprint density at radius 2 is 1.73 bits per heavy atom. The van der Waals surface area contributed by atoms with E-state index < -0.39 is 0 Å². The lowest BCUT2D eigenvalue weighted by molar-refractivity contribution is 0.0786. The average molecular weight is 407 g/mol. The van der Waals surface area contributed by atoms with Crippen LogP contribution in [0.3, 0.4) is 0 Å². The Labute approximate surface area is 178 Å². The number of rotatable bonds is 5. The van der Waals surface area contributed by atoms with Gasteiger partial charge in [0.05, 0.1) is 0 Å². The third-order valence-electron chi connectivity index (χ3n) is 6.17. The van der Waals surface area contributed by atoms with Crippen molar-refractivity contribution in [3.8, 4) is 0 Å². The van der Waals surface area contributed by atoms with Crippen molar-refractivity contribution in [3.63, 3.8) is 0 Å². The number of amides is 2. The van der Waals surface area contributed by atoms with Gasteiger partial charge in [-0.15, -0.1) is 0 Å². The first kappa shape index (κ1) is 20.5. The van der Waals surface area contributed by atoms with Crippen LogP contribution in [0.4, 0.5) is 0 Å². The lowest BCUT2D eigenvalue weighted by Crippen LogP contribution is -2.48. The molecule has 1 aromatic heterocycles. The van der Waals surface area contributed by atoms with Crippen LogP contribution in [-0.2, 0) is 6.54 Å². The highest BCUT2D eigenvalue weighted by atomic mass is 16.2. The number of carbonyl (C=O) groups excluding carboxylic acids is 2. The molecule has 2 amide bonds. The van der Waals surface area contributed by atoms with Crippen LogP contribution < -0.4 is 5.32 Å². The second kappa shape index (κ2) is 9.39. The van der Waals surface area contributed by atoms with E-state index in [9.17, 15) is 9.59 Å². The molecule has 2 fully saturated rings. The SMILES string of the molecule is CC1CC(NC(=O)c2cccc(C(=O)N3CCCC3)n2)CCN1Cc1ccccc1. The van der Waals surface area contributed by atoms with Crippen molar-refractivity contribution in [2.45, 2.75) is 51.2 Å². The molecule has 0 spiro atoms. The molecule has 2 unspecified atom stereocenters. The largest absolute Gasteiger partial charge is 0.348 e. The van der Waals surface area contributed by atoms with Gasteiger partial charge >= 0.3 is 0 Å². The molecule has 4 rings (SSSR count). The Morgan fingerprint density at radius 1 is 1.00 bits per heavy atom. The van der Waals surface area contributed by atoms with E-state index in [1.807, 2.05) is 11.0 Å². The topological polar surface area (TPSA) is 65.5 Å². The molecule has 30 heavy (non-hydrogen) atoms. The second-order valence-electron chi connectivity index (χ2n) is 8.41. The molecule has 0 bridgehead atoms. The van der Waals surface area contributed by atoms with Gasteiger partial charge in [0, 0.05) is 38.3 Å². The maximum absolute atomic E-state index is 12.8. The molecule has 0 saturated carbocycles. The first-order chi connectivity index (χ1) is 14.6. The van der Waals surface area contributed by atoms with Crippen LogP contribution in [0.5, 0.6) is 0 Å². The molecule has 1 N–H and O–H groups in total. The number of hydrogen-bond acceptors (Lipinski definition) is 4. The highest BCUT2D eigenvalue weighted by Crippen LogP contribution is 2.20. The molecular weight excluding hydrogens is 376 g/mol. The third-order valence-corrected chi connectivity index (χ3v) is 6.17. The molecular formula is C24H30N4O2. The predicted molar refractivity (Wildman–Crippen MR) is 116 cm³/mol. The zero-order valence-electron chi connectivity index (χ0n) is 17.6. The average Bonchev–Trinajstić information content (AvgIpc) is 3.31. The van der Waals surface area contributed by atoms with Crippen LogP contribution in [-0.4, -0.2) is 58.3 Å². The molecule has 6 nitrogen and oxygen atoms in total. The molecule has 2 saturated heterocycles. The van der Waals surface area contributed by atoms with Gasteiger partial charge in [-0.05, 0) is 50.3 Å². The Bertz CT molecular complexity index is 880. The van der Waals surface area contributed by atoms with Crippen molar-refractivity contribution in [2.75, 3.05) is 19.6 Å². The number of benzene rings is 1. The van der Waals surface area contributed by atoms with Crippen LogP contribution in [0, 0.1) is 0 Å². The van der Waals surface area contributed by atoms with Crippen LogP contribution in [0.15, 0.2) is 48.5 Å². The monoisotopic (exact) mass is 406 g/mol. The van der Waals surface area contributed by atoms with Crippen LogP contribution >= 0.6 is 0 Å². The highest BCUT2D eigenvalue weighted by Gasteiger charge is 2.27. The number of hydrogen-bond donors (Lipinski definition) is 1. The molecule has 2 aliphatic rings. The van der Waals surface area contributed by atoms with Crippen molar-refractivity contribution in [2.24, 2.45) is 0 Å². The summed E-state index contributed by atoms with van der Waals surface area (Å²) in [6.45, 7) is 5.65. The summed E-state index contributed by atoms with van der Waals surface area (Å²) >= 11 is 0. The fraction of sp³-hybridized carbons (Fsp3) is 0.458. The van der Waals surface area contributed by atoms with E-state index in [1.165, 1.54) is 5.56 Å². The standard InChI is InChI=1S/C24H30N4O2/c1-18-16-20(12-15-28(18)17-19-8-3-2-4-9-19)25-23(29)21-10-7-11-22(26-21)24(30)27-13-5-6-14-27/h2-4,7-11,18,20H,5-6,12-17H2,1H3,(H,25,29). The third kappa shape index (κ3) is 4.87. The van der Waals surface area contributed by atoms with Crippen LogP contribution in [0.1, 0.15) is 59.1 Å². The van der Waals surface area contributed by atoms with Crippen molar-refractivity contribution in [1.29, 1.82) is 0 Å². The number of pyridine rings is 1. The molecule has 0 aliphatic carbocycles. The van der Waals surface area contributed by atoms with E-state index in [1.54, 1.807) is 18.2 Å². The minimum absolute atomic E-state index is 0.0787. The fourth-order valence-corrected chi connectivity index (χ4v) is 4.43. The second-order valence-corrected chi connectivity index (χ2v) is 8.41. The summed E-state index contributed by atoms with van der Waals surface area (Å²) in [6, 6.07) is 16.1. The molecule has 6 heteroatoms. The molecule has 2 aromatic rings. The normalized spacial score (nSPS) is 22.1. The summed E-state index contributed by atoms with van der Waals surface area (Å²) in [4.78, 5) is 34.0. The lowest BCUT2D eigenvalue weighted by atomic mass is 9.97. The Kier molecular flexibility index (Phi) is 6.43. The maximum Gasteiger partial charge on any atom is 0.272 e. The number of nitrogens with one attached hydrogen (secondary N) is 1. The number of aromatic nitrogens is 1. The van der Waals surface area contributed by atoms with Gasteiger partial charge in [-0.3, -0.25) is 14.5 Å². The van der Waals surface area contributed by atoms with Gasteiger partial charge in [0.1, 0.15) is 11.4 Å². The first-order valence-electron chi connectivity index (χ1n) is 11.0. The number of piperidine rings is 1. The van der Waals surface area contributed by atoms with Gasteiger partial charge < -0.3 is 10.2 Å². The van der Waals surface area contributed by atoms with Gasteiger partial charge in [0.25, 0.3) is 11.8 Å². The van der Waals surface area contributed by atoms with E-state index in [-0.39, 0.29) is 17.9 Å². The van der Waals surface area contributed by atoms with E-state index in [4.69, 9.17) is 0 Å². The highest BCUT2D eigenvalue weighted by molar-refractivity contribution is 5.96. The molecule has 158 valence electrons. The molecule has 0 radical (unpaired) electrons.